The third-order valence-electron chi connectivity index (χ3n) is 1.87. The Kier molecular flexibility index (Phi) is 7.38. The molecule has 0 amide bonds. The Bertz CT molecular complexity index is 554. The van der Waals surface area contributed by atoms with Crippen LogP contribution in [0.1, 0.15) is 22.2 Å². The number of aromatic nitrogens is 1. The van der Waals surface area contributed by atoms with Gasteiger partial charge >= 0.3 is 0 Å². The van der Waals surface area contributed by atoms with Gasteiger partial charge in [0.1, 0.15) is 7.85 Å². The highest BCUT2D eigenvalue weighted by Gasteiger charge is 1.91. The van der Waals surface area contributed by atoms with Gasteiger partial charge in [-0.1, -0.05) is 26.5 Å². The standard InChI is InChI=1S/C10H11BN2OS.C2H6.H2/c1-6-8(5-12-7(2)15-3)4-9(11)10(14)13-6;1-2;/h4-5H,1H2,2-3H3,(H,13,14);1-2H3;1H/b8-5-,12-7?;;. The van der Waals surface area contributed by atoms with E-state index in [2.05, 4.69) is 16.6 Å². The van der Waals surface area contributed by atoms with Crippen LogP contribution in [0, 0.1) is 0 Å². The summed E-state index contributed by atoms with van der Waals surface area (Å²) < 4.78 is 0. The first-order chi connectivity index (χ1) is 8.04. The van der Waals surface area contributed by atoms with Crippen LogP contribution in [0.5, 0.6) is 0 Å². The molecular weight excluding hydrogens is 231 g/mol. The van der Waals surface area contributed by atoms with Crippen LogP contribution in [-0.2, 0) is 0 Å². The van der Waals surface area contributed by atoms with Crippen molar-refractivity contribution in [1.82, 2.24) is 4.98 Å². The number of aromatic amines is 1. The van der Waals surface area contributed by atoms with E-state index in [1.165, 1.54) is 0 Å². The second kappa shape index (κ2) is 7.95. The summed E-state index contributed by atoms with van der Waals surface area (Å²) in [4.78, 5) is 17.8. The Morgan fingerprint density at radius 1 is 1.65 bits per heavy atom. The second-order valence-electron chi connectivity index (χ2n) is 2.97. The minimum Gasteiger partial charge on any atom is -0.323 e. The highest BCUT2D eigenvalue weighted by molar-refractivity contribution is 8.13. The van der Waals surface area contributed by atoms with Crippen LogP contribution >= 0.6 is 11.8 Å². The maximum absolute atomic E-state index is 11.1. The SMILES string of the molecule is CC.[B]c1c/c(=C/N=C(C)SC)c(=C)[nH]c1=O.[HH]. The Labute approximate surface area is 109 Å². The van der Waals surface area contributed by atoms with Crippen molar-refractivity contribution in [3.8, 4) is 0 Å². The molecule has 0 unspecified atom stereocenters. The number of nitrogens with one attached hydrogen (secondary N) is 1. The maximum Gasteiger partial charge on any atom is 0.241 e. The van der Waals surface area contributed by atoms with Crippen molar-refractivity contribution in [2.45, 2.75) is 20.8 Å². The zero-order chi connectivity index (χ0) is 13.4. The van der Waals surface area contributed by atoms with Gasteiger partial charge in [-0.2, -0.15) is 0 Å². The molecule has 0 aliphatic carbocycles. The second-order valence-corrected chi connectivity index (χ2v) is 3.97. The Morgan fingerprint density at radius 2 is 2.24 bits per heavy atom. The molecule has 1 rings (SSSR count). The van der Waals surface area contributed by atoms with Crippen molar-refractivity contribution in [2.24, 2.45) is 4.99 Å². The summed E-state index contributed by atoms with van der Waals surface area (Å²) in [7, 11) is 5.48. The number of aliphatic imine (C=N–C) groups is 1. The van der Waals surface area contributed by atoms with Gasteiger partial charge in [0.05, 0.1) is 5.04 Å². The number of hydrogen-bond donors (Lipinski definition) is 1. The molecule has 0 saturated heterocycles. The molecule has 0 spiro atoms. The molecular formula is C12H19BN2OS. The van der Waals surface area contributed by atoms with E-state index in [0.717, 1.165) is 10.3 Å². The van der Waals surface area contributed by atoms with Gasteiger partial charge in [-0.25, -0.2) is 0 Å². The largest absolute Gasteiger partial charge is 0.323 e. The van der Waals surface area contributed by atoms with Crippen molar-refractivity contribution in [2.75, 3.05) is 6.26 Å². The molecule has 3 nitrogen and oxygen atoms in total. The van der Waals surface area contributed by atoms with Crippen LogP contribution in [-0.4, -0.2) is 24.1 Å². The molecule has 2 radical (unpaired) electrons. The van der Waals surface area contributed by atoms with Crippen LogP contribution in [0.2, 0.25) is 0 Å². The monoisotopic (exact) mass is 250 g/mol. The first-order valence-electron chi connectivity index (χ1n) is 5.31. The summed E-state index contributed by atoms with van der Waals surface area (Å²) in [5.41, 5.74) is -0.145. The predicted molar refractivity (Wildman–Crippen MR) is 81.8 cm³/mol. The fourth-order valence-corrected chi connectivity index (χ4v) is 1.09. The van der Waals surface area contributed by atoms with Gasteiger partial charge in [-0.05, 0) is 18.6 Å². The lowest BCUT2D eigenvalue weighted by Crippen LogP contribution is -2.42. The molecule has 92 valence electrons. The van der Waals surface area contributed by atoms with Crippen LogP contribution < -0.4 is 21.6 Å². The molecule has 1 aromatic rings. The number of thioether (sulfide) groups is 1. The Balaban J connectivity index is 0. The summed E-state index contributed by atoms with van der Waals surface area (Å²) in [5.74, 6) is 0. The molecule has 0 saturated carbocycles. The molecule has 0 aliphatic heterocycles. The van der Waals surface area contributed by atoms with Gasteiger partial charge in [0.2, 0.25) is 5.56 Å². The van der Waals surface area contributed by atoms with Crippen molar-refractivity contribution >= 4 is 42.9 Å². The van der Waals surface area contributed by atoms with Crippen molar-refractivity contribution in [3.05, 3.63) is 27.0 Å². The van der Waals surface area contributed by atoms with Crippen LogP contribution in [0.25, 0.3) is 12.8 Å². The van der Waals surface area contributed by atoms with E-state index >= 15 is 0 Å². The number of hydrogen-bond acceptors (Lipinski definition) is 3. The first kappa shape index (κ1) is 15.8. The van der Waals surface area contributed by atoms with E-state index in [0.29, 0.717) is 5.35 Å². The summed E-state index contributed by atoms with van der Waals surface area (Å²) in [6.45, 7) is 9.61. The minimum absolute atomic E-state index is 0. The average Bonchev–Trinajstić information content (AvgIpc) is 2.34. The van der Waals surface area contributed by atoms with E-state index in [-0.39, 0.29) is 12.4 Å². The van der Waals surface area contributed by atoms with Crippen LogP contribution in [0.15, 0.2) is 15.9 Å². The van der Waals surface area contributed by atoms with Gasteiger partial charge < -0.3 is 4.98 Å². The Hall–Kier alpha value is -1.23. The number of nitrogens with zero attached hydrogens (tertiary/aromatic N) is 1. The van der Waals surface area contributed by atoms with Gasteiger partial charge in [0.15, 0.2) is 0 Å². The van der Waals surface area contributed by atoms with E-state index in [1.807, 2.05) is 27.0 Å². The van der Waals surface area contributed by atoms with Crippen LogP contribution in [0.4, 0.5) is 0 Å². The van der Waals surface area contributed by atoms with E-state index in [4.69, 9.17) is 7.85 Å². The fraction of sp³-hybridized carbons (Fsp3) is 0.333. The third kappa shape index (κ3) is 5.09. The van der Waals surface area contributed by atoms with Gasteiger partial charge in [-0.15, -0.1) is 11.8 Å². The summed E-state index contributed by atoms with van der Waals surface area (Å²) in [6.07, 6.45) is 3.58. The smallest absolute Gasteiger partial charge is 0.241 e. The molecule has 0 aromatic carbocycles. The number of rotatable bonds is 1. The van der Waals surface area contributed by atoms with Crippen molar-refractivity contribution in [1.29, 1.82) is 0 Å². The summed E-state index contributed by atoms with van der Waals surface area (Å²) in [5, 5.41) is 2.17. The Morgan fingerprint density at radius 3 is 2.76 bits per heavy atom. The van der Waals surface area contributed by atoms with Crippen molar-refractivity contribution in [3.63, 3.8) is 0 Å². The molecule has 0 fully saturated rings. The third-order valence-corrected chi connectivity index (χ3v) is 2.56. The lowest BCUT2D eigenvalue weighted by Gasteiger charge is -1.93. The zero-order valence-corrected chi connectivity index (χ0v) is 11.5. The lowest BCUT2D eigenvalue weighted by atomic mass is 9.98. The maximum atomic E-state index is 11.1. The molecule has 0 aliphatic rings. The van der Waals surface area contributed by atoms with Gasteiger partial charge in [0.25, 0.3) is 0 Å². The molecule has 0 bridgehead atoms. The molecule has 1 aromatic heterocycles. The summed E-state index contributed by atoms with van der Waals surface area (Å²) >= 11 is 1.55. The quantitative estimate of drug-likeness (QED) is 0.444. The molecule has 1 N–H and O–H groups in total. The van der Waals surface area contributed by atoms with Gasteiger partial charge in [-0.3, -0.25) is 9.79 Å². The molecule has 5 heteroatoms. The highest BCUT2D eigenvalue weighted by Crippen LogP contribution is 1.95. The van der Waals surface area contributed by atoms with E-state index in [1.54, 1.807) is 24.0 Å². The first-order valence-corrected chi connectivity index (χ1v) is 6.53. The topological polar surface area (TPSA) is 45.2 Å². The normalized spacial score (nSPS) is 12.0. The van der Waals surface area contributed by atoms with E-state index < -0.39 is 0 Å². The van der Waals surface area contributed by atoms with Crippen molar-refractivity contribution < 1.29 is 1.43 Å². The lowest BCUT2D eigenvalue weighted by molar-refractivity contribution is 1.18. The summed E-state index contributed by atoms with van der Waals surface area (Å²) in [6, 6.07) is 1.57. The molecule has 17 heavy (non-hydrogen) atoms. The number of H-pyrrole nitrogens is 1. The van der Waals surface area contributed by atoms with E-state index in [9.17, 15) is 4.79 Å². The average molecular weight is 250 g/mol. The van der Waals surface area contributed by atoms with Crippen LogP contribution in [0.3, 0.4) is 0 Å². The highest BCUT2D eigenvalue weighted by atomic mass is 32.2. The van der Waals surface area contributed by atoms with Gasteiger partial charge in [0, 0.05) is 18.2 Å². The molecule has 1 heterocycles. The fourth-order valence-electron chi connectivity index (χ4n) is 0.930. The minimum atomic E-state index is -0.317. The number of pyridine rings is 1. The zero-order valence-electron chi connectivity index (χ0n) is 10.7. The molecule has 0 atom stereocenters. The predicted octanol–water partition coefficient (Wildman–Crippen LogP) is 0.371.